The van der Waals surface area contributed by atoms with Gasteiger partial charge >= 0.3 is 0 Å². The number of rotatable bonds is 3. The van der Waals surface area contributed by atoms with Gasteiger partial charge in [0, 0.05) is 12.0 Å². The second-order valence-electron chi connectivity index (χ2n) is 6.95. The summed E-state index contributed by atoms with van der Waals surface area (Å²) in [6, 6.07) is 6.11. The van der Waals surface area contributed by atoms with Crippen LogP contribution in [-0.2, 0) is 15.1 Å². The van der Waals surface area contributed by atoms with Crippen LogP contribution in [-0.4, -0.2) is 29.3 Å². The summed E-state index contributed by atoms with van der Waals surface area (Å²) in [5, 5.41) is 11.8. The van der Waals surface area contributed by atoms with E-state index in [-0.39, 0.29) is 11.8 Å². The van der Waals surface area contributed by atoms with Crippen LogP contribution in [0.3, 0.4) is 0 Å². The number of para-hydroxylation sites is 1. The fourth-order valence-electron chi connectivity index (χ4n) is 3.24. The number of fused-ring (bicyclic) bond motifs is 1. The van der Waals surface area contributed by atoms with Crippen LogP contribution in [0, 0.1) is 12.8 Å². The predicted molar refractivity (Wildman–Crippen MR) is 90.2 cm³/mol. The summed E-state index contributed by atoms with van der Waals surface area (Å²) < 4.78 is 5.54. The third kappa shape index (κ3) is 3.24. The number of amides is 1. The highest BCUT2D eigenvalue weighted by atomic mass is 16.5. The van der Waals surface area contributed by atoms with Crippen molar-refractivity contribution >= 4 is 16.8 Å². The summed E-state index contributed by atoms with van der Waals surface area (Å²) in [7, 11) is 0. The van der Waals surface area contributed by atoms with E-state index >= 15 is 0 Å². The number of hydrogen-bond donors (Lipinski definition) is 2. The zero-order valence-corrected chi connectivity index (χ0v) is 14.1. The van der Waals surface area contributed by atoms with Gasteiger partial charge in [-0.1, -0.05) is 24.6 Å². The maximum Gasteiger partial charge on any atom is 0.226 e. The van der Waals surface area contributed by atoms with Crippen molar-refractivity contribution in [2.45, 2.75) is 45.6 Å². The molecule has 0 bridgehead atoms. The lowest BCUT2D eigenvalue weighted by Crippen LogP contribution is -2.45. The zero-order chi connectivity index (χ0) is 16.4. The lowest BCUT2D eigenvalue weighted by Gasteiger charge is -2.27. The van der Waals surface area contributed by atoms with Crippen LogP contribution in [0.25, 0.3) is 10.9 Å². The van der Waals surface area contributed by atoms with Crippen LogP contribution in [0.4, 0.5) is 0 Å². The van der Waals surface area contributed by atoms with Crippen molar-refractivity contribution in [1.29, 1.82) is 0 Å². The monoisotopic (exact) mass is 315 g/mol. The molecule has 5 heteroatoms. The number of carbonyl (C=O) groups is 1. The third-order valence-corrected chi connectivity index (χ3v) is 4.63. The predicted octanol–water partition coefficient (Wildman–Crippen LogP) is 3.04. The van der Waals surface area contributed by atoms with E-state index in [2.05, 4.69) is 15.5 Å². The molecule has 2 N–H and O–H groups in total. The molecule has 23 heavy (non-hydrogen) atoms. The SMILES string of the molecule is Cc1cccc2c(C(C)(C)NC(=O)C3CCCCOC3)[nH]nc12. The molecule has 0 spiro atoms. The van der Waals surface area contributed by atoms with Gasteiger partial charge in [-0.05, 0) is 39.2 Å². The Kier molecular flexibility index (Phi) is 4.39. The normalized spacial score (nSPS) is 19.5. The number of carbonyl (C=O) groups excluding carboxylic acids is 1. The van der Waals surface area contributed by atoms with E-state index in [9.17, 15) is 4.79 Å². The van der Waals surface area contributed by atoms with Gasteiger partial charge in [-0.25, -0.2) is 0 Å². The van der Waals surface area contributed by atoms with E-state index in [1.54, 1.807) is 0 Å². The van der Waals surface area contributed by atoms with Crippen LogP contribution < -0.4 is 5.32 Å². The molecule has 1 unspecified atom stereocenters. The highest BCUT2D eigenvalue weighted by Crippen LogP contribution is 2.28. The van der Waals surface area contributed by atoms with E-state index in [1.165, 1.54) is 0 Å². The molecule has 0 radical (unpaired) electrons. The molecular formula is C18H25N3O2. The zero-order valence-electron chi connectivity index (χ0n) is 14.1. The van der Waals surface area contributed by atoms with Crippen molar-refractivity contribution in [1.82, 2.24) is 15.5 Å². The molecule has 1 aliphatic rings. The number of aromatic amines is 1. The second kappa shape index (κ2) is 6.32. The summed E-state index contributed by atoms with van der Waals surface area (Å²) >= 11 is 0. The Labute approximate surface area is 136 Å². The Hall–Kier alpha value is -1.88. The van der Waals surface area contributed by atoms with Gasteiger partial charge < -0.3 is 10.1 Å². The third-order valence-electron chi connectivity index (χ3n) is 4.63. The van der Waals surface area contributed by atoms with Gasteiger partial charge in [0.2, 0.25) is 5.91 Å². The fraction of sp³-hybridized carbons (Fsp3) is 0.556. The molecule has 124 valence electrons. The lowest BCUT2D eigenvalue weighted by molar-refractivity contribution is -0.128. The molecule has 0 saturated carbocycles. The molecule has 1 aromatic carbocycles. The molecule has 2 heterocycles. The summed E-state index contributed by atoms with van der Waals surface area (Å²) in [5.74, 6) is -0.000000210. The molecule has 1 atom stereocenters. The van der Waals surface area contributed by atoms with Gasteiger partial charge in [0.25, 0.3) is 0 Å². The molecule has 1 amide bonds. The maximum absolute atomic E-state index is 12.6. The molecule has 5 nitrogen and oxygen atoms in total. The minimum absolute atomic E-state index is 0.0623. The summed E-state index contributed by atoms with van der Waals surface area (Å²) in [4.78, 5) is 12.6. The van der Waals surface area contributed by atoms with E-state index < -0.39 is 5.54 Å². The summed E-state index contributed by atoms with van der Waals surface area (Å²) in [5.41, 5.74) is 2.53. The van der Waals surface area contributed by atoms with E-state index in [1.807, 2.05) is 39.0 Å². The Bertz CT molecular complexity index is 697. The van der Waals surface area contributed by atoms with Crippen molar-refractivity contribution < 1.29 is 9.53 Å². The summed E-state index contributed by atoms with van der Waals surface area (Å²) in [6.45, 7) is 7.35. The van der Waals surface area contributed by atoms with Crippen molar-refractivity contribution in [3.8, 4) is 0 Å². The standard InChI is InChI=1S/C18H25N3O2/c1-12-7-6-9-14-15(12)20-21-16(14)18(2,3)19-17(22)13-8-4-5-10-23-11-13/h6-7,9,13H,4-5,8,10-11H2,1-3H3,(H,19,22)(H,20,21). The van der Waals surface area contributed by atoms with Crippen molar-refractivity contribution in [3.05, 3.63) is 29.5 Å². The molecule has 0 aliphatic carbocycles. The quantitative estimate of drug-likeness (QED) is 0.915. The maximum atomic E-state index is 12.6. The van der Waals surface area contributed by atoms with Crippen molar-refractivity contribution in [3.63, 3.8) is 0 Å². The molecule has 3 rings (SSSR count). The number of H-pyrrole nitrogens is 1. The number of nitrogens with zero attached hydrogens (tertiary/aromatic N) is 1. The van der Waals surface area contributed by atoms with Gasteiger partial charge in [-0.2, -0.15) is 5.10 Å². The van der Waals surface area contributed by atoms with Crippen molar-refractivity contribution in [2.75, 3.05) is 13.2 Å². The fourth-order valence-corrected chi connectivity index (χ4v) is 3.24. The number of ether oxygens (including phenoxy) is 1. The van der Waals surface area contributed by atoms with Crippen LogP contribution in [0.5, 0.6) is 0 Å². The van der Waals surface area contributed by atoms with E-state index in [4.69, 9.17) is 4.74 Å². The van der Waals surface area contributed by atoms with Crippen LogP contribution in [0.15, 0.2) is 18.2 Å². The number of nitrogens with one attached hydrogen (secondary N) is 2. The van der Waals surface area contributed by atoms with Gasteiger partial charge in [0.15, 0.2) is 0 Å². The van der Waals surface area contributed by atoms with Crippen LogP contribution in [0.1, 0.15) is 44.4 Å². The number of aryl methyl sites for hydroxylation is 1. The Morgan fingerprint density at radius 1 is 1.39 bits per heavy atom. The van der Waals surface area contributed by atoms with Crippen LogP contribution in [0.2, 0.25) is 0 Å². The Morgan fingerprint density at radius 2 is 2.22 bits per heavy atom. The number of hydrogen-bond acceptors (Lipinski definition) is 3. The highest BCUT2D eigenvalue weighted by Gasteiger charge is 2.30. The largest absolute Gasteiger partial charge is 0.381 e. The number of benzene rings is 1. The highest BCUT2D eigenvalue weighted by molar-refractivity contribution is 5.86. The molecular weight excluding hydrogens is 290 g/mol. The lowest BCUT2D eigenvalue weighted by atomic mass is 9.94. The first-order chi connectivity index (χ1) is 11.0. The first kappa shape index (κ1) is 16.0. The van der Waals surface area contributed by atoms with Gasteiger partial charge in [0.1, 0.15) is 0 Å². The molecule has 2 aromatic rings. The Balaban J connectivity index is 1.82. The van der Waals surface area contributed by atoms with Crippen LogP contribution >= 0.6 is 0 Å². The first-order valence-electron chi connectivity index (χ1n) is 8.33. The minimum Gasteiger partial charge on any atom is -0.381 e. The summed E-state index contributed by atoms with van der Waals surface area (Å²) in [6.07, 6.45) is 2.98. The van der Waals surface area contributed by atoms with E-state index in [0.717, 1.165) is 48.0 Å². The second-order valence-corrected chi connectivity index (χ2v) is 6.95. The minimum atomic E-state index is -0.508. The Morgan fingerprint density at radius 3 is 3.04 bits per heavy atom. The van der Waals surface area contributed by atoms with Gasteiger partial charge in [0.05, 0.1) is 29.3 Å². The average Bonchev–Trinajstić information content (AvgIpc) is 2.77. The average molecular weight is 315 g/mol. The molecule has 1 saturated heterocycles. The van der Waals surface area contributed by atoms with Gasteiger partial charge in [-0.15, -0.1) is 0 Å². The van der Waals surface area contributed by atoms with Crippen molar-refractivity contribution in [2.24, 2.45) is 5.92 Å². The van der Waals surface area contributed by atoms with Gasteiger partial charge in [-0.3, -0.25) is 9.89 Å². The van der Waals surface area contributed by atoms with E-state index in [0.29, 0.717) is 6.61 Å². The molecule has 1 aliphatic heterocycles. The number of aromatic nitrogens is 2. The topological polar surface area (TPSA) is 67.0 Å². The first-order valence-corrected chi connectivity index (χ1v) is 8.33. The molecule has 1 aromatic heterocycles. The molecule has 1 fully saturated rings. The smallest absolute Gasteiger partial charge is 0.226 e.